The third-order valence-corrected chi connectivity index (χ3v) is 5.94. The van der Waals surface area contributed by atoms with Crippen molar-refractivity contribution in [2.24, 2.45) is 0 Å². The first-order valence-electron chi connectivity index (χ1n) is 6.71. The minimum absolute atomic E-state index is 0.296. The van der Waals surface area contributed by atoms with Crippen molar-refractivity contribution in [3.05, 3.63) is 83.2 Å². The molecule has 0 spiro atoms. The van der Waals surface area contributed by atoms with Crippen molar-refractivity contribution < 1.29 is 4.74 Å². The van der Waals surface area contributed by atoms with Crippen LogP contribution in [-0.4, -0.2) is 28.2 Å². The van der Waals surface area contributed by atoms with E-state index in [4.69, 9.17) is 4.74 Å². The van der Waals surface area contributed by atoms with E-state index in [-0.39, 0.29) is 0 Å². The summed E-state index contributed by atoms with van der Waals surface area (Å²) >= 11 is 2.05. The molecule has 2 aromatic rings. The molecule has 2 rings (SSSR count). The number of benzene rings is 2. The topological polar surface area (TPSA) is 9.23 Å². The molecule has 0 unspecified atom stereocenters. The Morgan fingerprint density at radius 3 is 2.38 bits per heavy atom. The van der Waals surface area contributed by atoms with E-state index in [9.17, 15) is 0 Å². The summed E-state index contributed by atoms with van der Waals surface area (Å²) in [6.45, 7) is 4.95. The Bertz CT molecular complexity index is 566. The maximum atomic E-state index is 5.62. The molecule has 0 radical (unpaired) electrons. The van der Waals surface area contributed by atoms with Crippen LogP contribution in [0.4, 0.5) is 0 Å². The molecule has 0 aliphatic heterocycles. The summed E-state index contributed by atoms with van der Waals surface area (Å²) in [6.07, 6.45) is 1.79. The van der Waals surface area contributed by atoms with Crippen molar-refractivity contribution >= 4 is 31.2 Å². The second kappa shape index (κ2) is 9.64. The summed E-state index contributed by atoms with van der Waals surface area (Å²) in [6, 6.07) is 21.0. The van der Waals surface area contributed by atoms with Gasteiger partial charge in [-0.05, 0) is 0 Å². The number of hydrogen-bond donors (Lipinski definition) is 0. The monoisotopic (exact) mass is 362 g/mol. The Morgan fingerprint density at radius 1 is 1.05 bits per heavy atom. The van der Waals surface area contributed by atoms with Gasteiger partial charge in [0.1, 0.15) is 0 Å². The molecule has 0 heterocycles. The fourth-order valence-electron chi connectivity index (χ4n) is 1.60. The van der Waals surface area contributed by atoms with Crippen LogP contribution in [0.15, 0.2) is 88.1 Å². The van der Waals surface area contributed by atoms with Crippen LogP contribution in [0.2, 0.25) is 0 Å². The molecule has 0 saturated carbocycles. The molecule has 0 saturated heterocycles. The molecule has 0 aliphatic rings. The Kier molecular flexibility index (Phi) is 7.41. The molecule has 21 heavy (non-hydrogen) atoms. The van der Waals surface area contributed by atoms with Gasteiger partial charge < -0.3 is 0 Å². The van der Waals surface area contributed by atoms with E-state index in [1.165, 1.54) is 13.8 Å². The Hall–Kier alpha value is -1.25. The molecule has 0 N–H and O–H groups in total. The van der Waals surface area contributed by atoms with E-state index >= 15 is 0 Å². The van der Waals surface area contributed by atoms with Crippen LogP contribution in [-0.2, 0) is 4.74 Å². The van der Waals surface area contributed by atoms with Crippen molar-refractivity contribution in [3.8, 4) is 0 Å². The number of rotatable bonds is 8. The second-order valence-electron chi connectivity index (χ2n) is 4.23. The first-order chi connectivity index (χ1) is 10.4. The van der Waals surface area contributed by atoms with Crippen LogP contribution in [0, 0.1) is 0 Å². The molecule has 108 valence electrons. The molecular weight excluding hydrogens is 343 g/mol. The summed E-state index contributed by atoms with van der Waals surface area (Å²) < 4.78 is 8.33. The summed E-state index contributed by atoms with van der Waals surface area (Å²) in [5, 5.41) is 2.23. The molecule has 0 aromatic heterocycles. The van der Waals surface area contributed by atoms with Gasteiger partial charge in [0.05, 0.1) is 0 Å². The summed E-state index contributed by atoms with van der Waals surface area (Å²) in [7, 11) is 0. The number of hydrogen-bond acceptors (Lipinski definition) is 2. The van der Waals surface area contributed by atoms with Crippen LogP contribution in [0.3, 0.4) is 0 Å². The van der Waals surface area contributed by atoms with E-state index in [2.05, 4.69) is 66.6 Å². The Morgan fingerprint density at radius 2 is 1.71 bits per heavy atom. The predicted molar refractivity (Wildman–Crippen MR) is 93.2 cm³/mol. The van der Waals surface area contributed by atoms with Gasteiger partial charge in [0.15, 0.2) is 0 Å². The van der Waals surface area contributed by atoms with Gasteiger partial charge in [0.2, 0.25) is 0 Å². The molecule has 1 nitrogen and oxygen atoms in total. The fraction of sp³-hybridized carbons (Fsp3) is 0.111. The molecule has 0 aliphatic carbocycles. The zero-order chi connectivity index (χ0) is 14.8. The average molecular weight is 361 g/mol. The third-order valence-electron chi connectivity index (χ3n) is 2.54. The first kappa shape index (κ1) is 16.1. The van der Waals surface area contributed by atoms with E-state index in [1.807, 2.05) is 6.07 Å². The van der Waals surface area contributed by atoms with Crippen LogP contribution in [0.1, 0.15) is 0 Å². The Balaban J connectivity index is 2.02. The molecule has 0 bridgehead atoms. The minimum atomic E-state index is 0.296. The maximum absolute atomic E-state index is 5.62. The normalized spacial score (nSPS) is 11.3. The zero-order valence-electron chi connectivity index (χ0n) is 11.8. The predicted octanol–water partition coefficient (Wildman–Crippen LogP) is 3.85. The Labute approximate surface area is 137 Å². The van der Waals surface area contributed by atoms with Crippen LogP contribution < -0.4 is 4.46 Å². The number of thioether (sulfide) groups is 1. The van der Waals surface area contributed by atoms with E-state index in [0.717, 1.165) is 0 Å². The van der Waals surface area contributed by atoms with E-state index in [1.54, 1.807) is 17.8 Å². The van der Waals surface area contributed by atoms with Crippen molar-refractivity contribution in [1.82, 2.24) is 0 Å². The van der Waals surface area contributed by atoms with Crippen molar-refractivity contribution in [2.45, 2.75) is 4.90 Å². The van der Waals surface area contributed by atoms with Gasteiger partial charge >= 0.3 is 137 Å². The van der Waals surface area contributed by atoms with Gasteiger partial charge in [0.25, 0.3) is 0 Å². The molecule has 3 heteroatoms. The standard InChI is InChI=1S/C18H18OSSe/c1-2-13-19-14-18(21-17-11-7-4-8-12-17)15-20-16-9-5-3-6-10-16/h2-12,15H,1,13-14H2/b18-15+. The third kappa shape index (κ3) is 6.36. The van der Waals surface area contributed by atoms with Crippen molar-refractivity contribution in [2.75, 3.05) is 13.2 Å². The van der Waals surface area contributed by atoms with Gasteiger partial charge in [-0.2, -0.15) is 0 Å². The van der Waals surface area contributed by atoms with Crippen LogP contribution in [0.25, 0.3) is 0 Å². The molecular formula is C18H18OSSe. The molecule has 2 aromatic carbocycles. The molecule has 0 fully saturated rings. The molecule has 0 amide bonds. The fourth-order valence-corrected chi connectivity index (χ4v) is 4.46. The van der Waals surface area contributed by atoms with Gasteiger partial charge in [-0.1, -0.05) is 0 Å². The van der Waals surface area contributed by atoms with Crippen molar-refractivity contribution in [3.63, 3.8) is 0 Å². The van der Waals surface area contributed by atoms with E-state index in [0.29, 0.717) is 28.2 Å². The quantitative estimate of drug-likeness (QED) is 0.306. The van der Waals surface area contributed by atoms with Gasteiger partial charge in [-0.25, -0.2) is 0 Å². The zero-order valence-corrected chi connectivity index (χ0v) is 14.3. The van der Waals surface area contributed by atoms with Crippen LogP contribution >= 0.6 is 11.8 Å². The summed E-state index contributed by atoms with van der Waals surface area (Å²) in [4.78, 5) is 1.25. The van der Waals surface area contributed by atoms with Crippen LogP contribution in [0.5, 0.6) is 0 Å². The van der Waals surface area contributed by atoms with Gasteiger partial charge in [0, 0.05) is 0 Å². The van der Waals surface area contributed by atoms with Crippen molar-refractivity contribution in [1.29, 1.82) is 0 Å². The summed E-state index contributed by atoms with van der Waals surface area (Å²) in [5.74, 6) is 0. The average Bonchev–Trinajstić information content (AvgIpc) is 2.54. The van der Waals surface area contributed by atoms with E-state index < -0.39 is 0 Å². The number of ether oxygens (including phenoxy) is 1. The SMILES string of the molecule is C=CCOC/C(=C\Sc1ccccc1)[Se]c1ccccc1. The molecule has 0 atom stereocenters. The van der Waals surface area contributed by atoms with Gasteiger partial charge in [-0.15, -0.1) is 0 Å². The second-order valence-corrected chi connectivity index (χ2v) is 7.69. The summed E-state index contributed by atoms with van der Waals surface area (Å²) in [5.41, 5.74) is 0. The van der Waals surface area contributed by atoms with Gasteiger partial charge in [-0.3, -0.25) is 0 Å². The first-order valence-corrected chi connectivity index (χ1v) is 9.30.